The van der Waals surface area contributed by atoms with E-state index in [1.54, 1.807) is 6.26 Å². The van der Waals surface area contributed by atoms with Gasteiger partial charge in [-0.2, -0.15) is 0 Å². The number of rotatable bonds is 5. The fourth-order valence-corrected chi connectivity index (χ4v) is 2.10. The van der Waals surface area contributed by atoms with Gasteiger partial charge in [-0.05, 0) is 35.6 Å². The Bertz CT molecular complexity index is 456. The van der Waals surface area contributed by atoms with E-state index >= 15 is 0 Å². The highest BCUT2D eigenvalue weighted by Gasteiger charge is 2.07. The van der Waals surface area contributed by atoms with Crippen LogP contribution in [-0.2, 0) is 12.8 Å². The predicted octanol–water partition coefficient (Wildman–Crippen LogP) is 3.52. The van der Waals surface area contributed by atoms with Crippen LogP contribution < -0.4 is 5.73 Å². The summed E-state index contributed by atoms with van der Waals surface area (Å²) >= 11 is 0. The highest BCUT2D eigenvalue weighted by molar-refractivity contribution is 5.25. The topological polar surface area (TPSA) is 39.2 Å². The van der Waals surface area contributed by atoms with Crippen LogP contribution in [-0.4, -0.2) is 6.04 Å². The zero-order chi connectivity index (χ0) is 13.0. The SMILES string of the molecule is CC(C)c1ccc(CC(N)Cc2ccco2)cc1. The summed E-state index contributed by atoms with van der Waals surface area (Å²) in [5.74, 6) is 1.54. The molecule has 2 aromatic rings. The third-order valence-corrected chi connectivity index (χ3v) is 3.19. The molecule has 2 N–H and O–H groups in total. The molecule has 2 nitrogen and oxygen atoms in total. The second-order valence-corrected chi connectivity index (χ2v) is 5.14. The zero-order valence-corrected chi connectivity index (χ0v) is 11.1. The van der Waals surface area contributed by atoms with Crippen molar-refractivity contribution in [2.75, 3.05) is 0 Å². The van der Waals surface area contributed by atoms with E-state index in [2.05, 4.69) is 38.1 Å². The third kappa shape index (κ3) is 3.47. The Kier molecular flexibility index (Phi) is 4.21. The monoisotopic (exact) mass is 243 g/mol. The average Bonchev–Trinajstić information content (AvgIpc) is 2.82. The summed E-state index contributed by atoms with van der Waals surface area (Å²) in [4.78, 5) is 0. The Balaban J connectivity index is 1.92. The summed E-state index contributed by atoms with van der Waals surface area (Å²) in [6.45, 7) is 4.41. The van der Waals surface area contributed by atoms with E-state index in [9.17, 15) is 0 Å². The first-order valence-electron chi connectivity index (χ1n) is 6.52. The lowest BCUT2D eigenvalue weighted by Crippen LogP contribution is -2.25. The summed E-state index contributed by atoms with van der Waals surface area (Å²) in [5, 5.41) is 0. The fourth-order valence-electron chi connectivity index (χ4n) is 2.10. The standard InChI is InChI=1S/C16H21NO/c1-12(2)14-7-5-13(6-8-14)10-15(17)11-16-4-3-9-18-16/h3-9,12,15H,10-11,17H2,1-2H3. The van der Waals surface area contributed by atoms with E-state index in [1.165, 1.54) is 11.1 Å². The molecule has 1 aromatic carbocycles. The summed E-state index contributed by atoms with van der Waals surface area (Å²) in [5.41, 5.74) is 8.80. The van der Waals surface area contributed by atoms with Gasteiger partial charge in [0.2, 0.25) is 0 Å². The normalized spacial score (nSPS) is 12.9. The molecule has 1 aromatic heterocycles. The van der Waals surface area contributed by atoms with Crippen molar-refractivity contribution in [3.63, 3.8) is 0 Å². The van der Waals surface area contributed by atoms with Gasteiger partial charge in [0.05, 0.1) is 6.26 Å². The molecule has 0 saturated heterocycles. The Morgan fingerprint density at radius 2 is 1.78 bits per heavy atom. The van der Waals surface area contributed by atoms with Gasteiger partial charge < -0.3 is 10.2 Å². The largest absolute Gasteiger partial charge is 0.469 e. The Labute approximate surface area is 109 Å². The molecule has 0 radical (unpaired) electrons. The maximum absolute atomic E-state index is 6.13. The van der Waals surface area contributed by atoms with Crippen LogP contribution in [0.1, 0.15) is 36.7 Å². The van der Waals surface area contributed by atoms with Crippen LogP contribution in [0.3, 0.4) is 0 Å². The minimum Gasteiger partial charge on any atom is -0.469 e. The second-order valence-electron chi connectivity index (χ2n) is 5.14. The molecular weight excluding hydrogens is 222 g/mol. The predicted molar refractivity (Wildman–Crippen MR) is 74.6 cm³/mol. The number of hydrogen-bond acceptors (Lipinski definition) is 2. The summed E-state index contributed by atoms with van der Waals surface area (Å²) in [7, 11) is 0. The molecule has 0 spiro atoms. The molecule has 0 saturated carbocycles. The number of hydrogen-bond donors (Lipinski definition) is 1. The van der Waals surface area contributed by atoms with Crippen LogP contribution in [0.15, 0.2) is 47.1 Å². The van der Waals surface area contributed by atoms with E-state index in [0.29, 0.717) is 5.92 Å². The lowest BCUT2D eigenvalue weighted by molar-refractivity contribution is 0.483. The van der Waals surface area contributed by atoms with Gasteiger partial charge in [-0.25, -0.2) is 0 Å². The third-order valence-electron chi connectivity index (χ3n) is 3.19. The molecular formula is C16H21NO. The van der Waals surface area contributed by atoms with Crippen LogP contribution in [0.25, 0.3) is 0 Å². The van der Waals surface area contributed by atoms with Crippen LogP contribution in [0.2, 0.25) is 0 Å². The first kappa shape index (κ1) is 12.9. The van der Waals surface area contributed by atoms with Crippen molar-refractivity contribution >= 4 is 0 Å². The number of nitrogens with two attached hydrogens (primary N) is 1. The number of furan rings is 1. The van der Waals surface area contributed by atoms with Crippen LogP contribution >= 0.6 is 0 Å². The van der Waals surface area contributed by atoms with E-state index in [-0.39, 0.29) is 6.04 Å². The molecule has 1 atom stereocenters. The molecule has 0 aliphatic heterocycles. The van der Waals surface area contributed by atoms with Crippen molar-refractivity contribution in [2.24, 2.45) is 5.73 Å². The fraction of sp³-hybridized carbons (Fsp3) is 0.375. The van der Waals surface area contributed by atoms with Gasteiger partial charge >= 0.3 is 0 Å². The molecule has 0 aliphatic rings. The van der Waals surface area contributed by atoms with Crippen molar-refractivity contribution in [2.45, 2.75) is 38.6 Å². The zero-order valence-electron chi connectivity index (χ0n) is 11.1. The molecule has 0 bridgehead atoms. The highest BCUT2D eigenvalue weighted by Crippen LogP contribution is 2.16. The van der Waals surface area contributed by atoms with Crippen molar-refractivity contribution in [3.8, 4) is 0 Å². The van der Waals surface area contributed by atoms with Gasteiger partial charge in [0.25, 0.3) is 0 Å². The quantitative estimate of drug-likeness (QED) is 0.872. The lowest BCUT2D eigenvalue weighted by Gasteiger charge is -2.11. The van der Waals surface area contributed by atoms with Gasteiger partial charge in [-0.1, -0.05) is 38.1 Å². The van der Waals surface area contributed by atoms with Crippen molar-refractivity contribution in [1.29, 1.82) is 0 Å². The Hall–Kier alpha value is -1.54. The van der Waals surface area contributed by atoms with Crippen molar-refractivity contribution in [1.82, 2.24) is 0 Å². The first-order valence-corrected chi connectivity index (χ1v) is 6.52. The maximum atomic E-state index is 6.13. The minimum absolute atomic E-state index is 0.112. The van der Waals surface area contributed by atoms with Gasteiger partial charge in [0, 0.05) is 12.5 Å². The maximum Gasteiger partial charge on any atom is 0.105 e. The lowest BCUT2D eigenvalue weighted by atomic mass is 9.98. The van der Waals surface area contributed by atoms with Gasteiger partial charge in [0.1, 0.15) is 5.76 Å². The van der Waals surface area contributed by atoms with E-state index in [1.807, 2.05) is 12.1 Å². The summed E-state index contributed by atoms with van der Waals surface area (Å²) in [6, 6.07) is 12.7. The van der Waals surface area contributed by atoms with Crippen molar-refractivity contribution < 1.29 is 4.42 Å². The Morgan fingerprint density at radius 3 is 2.33 bits per heavy atom. The molecule has 1 heterocycles. The minimum atomic E-state index is 0.112. The van der Waals surface area contributed by atoms with Crippen molar-refractivity contribution in [3.05, 3.63) is 59.5 Å². The Morgan fingerprint density at radius 1 is 1.06 bits per heavy atom. The molecule has 2 heteroatoms. The van der Waals surface area contributed by atoms with E-state index < -0.39 is 0 Å². The summed E-state index contributed by atoms with van der Waals surface area (Å²) < 4.78 is 5.31. The number of benzene rings is 1. The molecule has 1 unspecified atom stereocenters. The summed E-state index contributed by atoms with van der Waals surface area (Å²) in [6.07, 6.45) is 3.37. The van der Waals surface area contributed by atoms with E-state index in [4.69, 9.17) is 10.2 Å². The molecule has 96 valence electrons. The molecule has 0 fully saturated rings. The first-order chi connectivity index (χ1) is 8.65. The highest BCUT2D eigenvalue weighted by atomic mass is 16.3. The van der Waals surface area contributed by atoms with Crippen LogP contribution in [0.4, 0.5) is 0 Å². The molecule has 0 aliphatic carbocycles. The molecule has 18 heavy (non-hydrogen) atoms. The van der Waals surface area contributed by atoms with Crippen LogP contribution in [0.5, 0.6) is 0 Å². The molecule has 0 amide bonds. The smallest absolute Gasteiger partial charge is 0.105 e. The average molecular weight is 243 g/mol. The van der Waals surface area contributed by atoms with Gasteiger partial charge in [-0.3, -0.25) is 0 Å². The van der Waals surface area contributed by atoms with Gasteiger partial charge in [-0.15, -0.1) is 0 Å². The van der Waals surface area contributed by atoms with E-state index in [0.717, 1.165) is 18.6 Å². The van der Waals surface area contributed by atoms with Gasteiger partial charge in [0.15, 0.2) is 0 Å². The molecule has 2 rings (SSSR count). The van der Waals surface area contributed by atoms with Crippen LogP contribution in [0, 0.1) is 0 Å². The second kappa shape index (κ2) is 5.87.